The summed E-state index contributed by atoms with van der Waals surface area (Å²) in [6, 6.07) is 4.27. The molecule has 1 aromatic rings. The lowest BCUT2D eigenvalue weighted by molar-refractivity contribution is 0.587. The average Bonchev–Trinajstić information content (AvgIpc) is 2.39. The molecule has 0 atom stereocenters. The molecule has 1 N–H and O–H groups in total. The van der Waals surface area contributed by atoms with Crippen molar-refractivity contribution in [2.24, 2.45) is 0 Å². The number of nitrogens with one attached hydrogen (secondary N) is 1. The predicted octanol–water partition coefficient (Wildman–Crippen LogP) is 4.68. The van der Waals surface area contributed by atoms with E-state index in [-0.39, 0.29) is 5.41 Å². The zero-order valence-corrected chi connectivity index (χ0v) is 12.5. The van der Waals surface area contributed by atoms with E-state index in [9.17, 15) is 0 Å². The van der Waals surface area contributed by atoms with Crippen LogP contribution in [0, 0.1) is 0 Å². The summed E-state index contributed by atoms with van der Waals surface area (Å²) < 4.78 is 0. The number of hydrogen-bond donors (Lipinski definition) is 1. The maximum Gasteiger partial charge on any atom is 0.125 e. The zero-order valence-electron chi connectivity index (χ0n) is 12.5. The second kappa shape index (κ2) is 6.23. The minimum atomic E-state index is 0.179. The van der Waals surface area contributed by atoms with Gasteiger partial charge in [0, 0.05) is 12.7 Å². The van der Waals surface area contributed by atoms with Crippen molar-refractivity contribution < 1.29 is 0 Å². The molecule has 1 heterocycles. The highest BCUT2D eigenvalue weighted by atomic mass is 15.0. The van der Waals surface area contributed by atoms with E-state index in [4.69, 9.17) is 0 Å². The first-order chi connectivity index (χ1) is 9.05. The van der Waals surface area contributed by atoms with Gasteiger partial charge in [-0.1, -0.05) is 38.5 Å². The molecule has 0 fully saturated rings. The number of aromatic nitrogens is 1. The van der Waals surface area contributed by atoms with Crippen molar-refractivity contribution in [3.05, 3.63) is 35.5 Å². The summed E-state index contributed by atoms with van der Waals surface area (Å²) in [6.45, 7) is 7.64. The van der Waals surface area contributed by atoms with Crippen molar-refractivity contribution in [2.75, 3.05) is 11.9 Å². The molecule has 0 unspecified atom stereocenters. The van der Waals surface area contributed by atoms with Gasteiger partial charge in [-0.2, -0.15) is 0 Å². The third-order valence-electron chi connectivity index (χ3n) is 3.77. The topological polar surface area (TPSA) is 24.9 Å². The van der Waals surface area contributed by atoms with Crippen LogP contribution in [0.3, 0.4) is 0 Å². The molecule has 1 aliphatic carbocycles. The minimum Gasteiger partial charge on any atom is -0.370 e. The molecule has 0 bridgehead atoms. The van der Waals surface area contributed by atoms with Crippen molar-refractivity contribution in [1.82, 2.24) is 4.98 Å². The Morgan fingerprint density at radius 1 is 1.21 bits per heavy atom. The summed E-state index contributed by atoms with van der Waals surface area (Å²) in [7, 11) is 0. The second-order valence-corrected chi connectivity index (χ2v) is 6.47. The van der Waals surface area contributed by atoms with Crippen LogP contribution in [0.5, 0.6) is 0 Å². The lowest BCUT2D eigenvalue weighted by Crippen LogP contribution is -2.12. The number of hydrogen-bond acceptors (Lipinski definition) is 2. The van der Waals surface area contributed by atoms with Crippen LogP contribution in [-0.2, 0) is 5.41 Å². The van der Waals surface area contributed by atoms with E-state index in [0.717, 1.165) is 18.8 Å². The Balaban J connectivity index is 1.81. The number of allylic oxidation sites excluding steroid dienone is 1. The van der Waals surface area contributed by atoms with E-state index in [1.54, 1.807) is 5.57 Å². The maximum atomic E-state index is 4.50. The van der Waals surface area contributed by atoms with Crippen molar-refractivity contribution in [3.63, 3.8) is 0 Å². The molecule has 0 radical (unpaired) electrons. The standard InChI is InChI=1S/C17H26N2/c1-17(2,3)15-9-10-16(19-13-15)18-12-11-14-7-5-4-6-8-14/h7,9-10,13H,4-6,8,11-12H2,1-3H3,(H,18,19). The largest absolute Gasteiger partial charge is 0.370 e. The fourth-order valence-corrected chi connectivity index (χ4v) is 2.42. The second-order valence-electron chi connectivity index (χ2n) is 6.47. The van der Waals surface area contributed by atoms with Gasteiger partial charge in [0.15, 0.2) is 0 Å². The molecule has 19 heavy (non-hydrogen) atoms. The molecule has 0 saturated carbocycles. The van der Waals surface area contributed by atoms with Crippen LogP contribution in [0.4, 0.5) is 5.82 Å². The lowest BCUT2D eigenvalue weighted by Gasteiger charge is -2.18. The molecule has 0 aliphatic heterocycles. The molecule has 2 heteroatoms. The smallest absolute Gasteiger partial charge is 0.125 e. The van der Waals surface area contributed by atoms with Gasteiger partial charge in [-0.3, -0.25) is 0 Å². The Hall–Kier alpha value is -1.31. The summed E-state index contributed by atoms with van der Waals surface area (Å²) in [6.07, 6.45) is 10.9. The average molecular weight is 258 g/mol. The highest BCUT2D eigenvalue weighted by Crippen LogP contribution is 2.22. The number of pyridine rings is 1. The monoisotopic (exact) mass is 258 g/mol. The SMILES string of the molecule is CC(C)(C)c1ccc(NCCC2=CCCCC2)nc1. The molecule has 104 valence electrons. The van der Waals surface area contributed by atoms with Gasteiger partial charge in [0.1, 0.15) is 5.82 Å². The molecule has 2 nitrogen and oxygen atoms in total. The number of rotatable bonds is 4. The third kappa shape index (κ3) is 4.38. The molecule has 2 rings (SSSR count). The highest BCUT2D eigenvalue weighted by molar-refractivity contribution is 5.37. The Morgan fingerprint density at radius 3 is 2.63 bits per heavy atom. The first-order valence-corrected chi connectivity index (χ1v) is 7.44. The summed E-state index contributed by atoms with van der Waals surface area (Å²) in [5.41, 5.74) is 3.08. The Morgan fingerprint density at radius 2 is 2.05 bits per heavy atom. The van der Waals surface area contributed by atoms with Crippen molar-refractivity contribution >= 4 is 5.82 Å². The van der Waals surface area contributed by atoms with Gasteiger partial charge in [-0.05, 0) is 49.1 Å². The van der Waals surface area contributed by atoms with Crippen molar-refractivity contribution in [3.8, 4) is 0 Å². The molecular weight excluding hydrogens is 232 g/mol. The van der Waals surface area contributed by atoms with Crippen LogP contribution >= 0.6 is 0 Å². The fourth-order valence-electron chi connectivity index (χ4n) is 2.42. The van der Waals surface area contributed by atoms with Crippen molar-refractivity contribution in [1.29, 1.82) is 0 Å². The van der Waals surface area contributed by atoms with Gasteiger partial charge >= 0.3 is 0 Å². The summed E-state index contributed by atoms with van der Waals surface area (Å²) in [4.78, 5) is 4.50. The van der Waals surface area contributed by atoms with E-state index in [2.05, 4.69) is 49.3 Å². The summed E-state index contributed by atoms with van der Waals surface area (Å²) in [5, 5.41) is 3.42. The Bertz CT molecular complexity index is 424. The maximum absolute atomic E-state index is 4.50. The molecule has 0 aromatic carbocycles. The quantitative estimate of drug-likeness (QED) is 0.793. The number of nitrogens with zero attached hydrogens (tertiary/aromatic N) is 1. The van der Waals surface area contributed by atoms with E-state index < -0.39 is 0 Å². The van der Waals surface area contributed by atoms with E-state index in [0.29, 0.717) is 0 Å². The summed E-state index contributed by atoms with van der Waals surface area (Å²) >= 11 is 0. The fraction of sp³-hybridized carbons (Fsp3) is 0.588. The van der Waals surface area contributed by atoms with Gasteiger partial charge in [0.25, 0.3) is 0 Å². The van der Waals surface area contributed by atoms with Crippen LogP contribution in [0.15, 0.2) is 30.0 Å². The summed E-state index contributed by atoms with van der Waals surface area (Å²) in [5.74, 6) is 0.990. The first kappa shape index (κ1) is 14.1. The predicted molar refractivity (Wildman–Crippen MR) is 82.6 cm³/mol. The lowest BCUT2D eigenvalue weighted by atomic mass is 9.88. The first-order valence-electron chi connectivity index (χ1n) is 7.44. The third-order valence-corrected chi connectivity index (χ3v) is 3.77. The molecule has 0 amide bonds. The van der Waals surface area contributed by atoms with Gasteiger partial charge in [0.05, 0.1) is 0 Å². The van der Waals surface area contributed by atoms with Gasteiger partial charge in [0.2, 0.25) is 0 Å². The van der Waals surface area contributed by atoms with E-state index in [1.807, 2.05) is 6.20 Å². The molecule has 1 aliphatic rings. The zero-order chi connectivity index (χ0) is 13.7. The molecule has 0 spiro atoms. The van der Waals surface area contributed by atoms with Crippen LogP contribution in [-0.4, -0.2) is 11.5 Å². The van der Waals surface area contributed by atoms with Crippen LogP contribution in [0.25, 0.3) is 0 Å². The van der Waals surface area contributed by atoms with Gasteiger partial charge in [-0.15, -0.1) is 0 Å². The normalized spacial score (nSPS) is 16.1. The van der Waals surface area contributed by atoms with E-state index in [1.165, 1.54) is 31.2 Å². The Labute approximate surface area is 117 Å². The highest BCUT2D eigenvalue weighted by Gasteiger charge is 2.13. The molecule has 0 saturated heterocycles. The van der Waals surface area contributed by atoms with Gasteiger partial charge in [-0.25, -0.2) is 4.98 Å². The Kier molecular flexibility index (Phi) is 4.62. The van der Waals surface area contributed by atoms with Crippen LogP contribution < -0.4 is 5.32 Å². The van der Waals surface area contributed by atoms with E-state index >= 15 is 0 Å². The minimum absolute atomic E-state index is 0.179. The van der Waals surface area contributed by atoms with Crippen LogP contribution in [0.1, 0.15) is 58.4 Å². The molecular formula is C17H26N2. The number of anilines is 1. The van der Waals surface area contributed by atoms with Gasteiger partial charge < -0.3 is 5.32 Å². The van der Waals surface area contributed by atoms with Crippen molar-refractivity contribution in [2.45, 2.75) is 58.3 Å². The van der Waals surface area contributed by atoms with Crippen LogP contribution in [0.2, 0.25) is 0 Å². The molecule has 1 aromatic heterocycles.